The Kier molecular flexibility index (Phi) is 3.61. The Labute approximate surface area is 140 Å². The predicted molar refractivity (Wildman–Crippen MR) is 102 cm³/mol. The summed E-state index contributed by atoms with van der Waals surface area (Å²) in [5.74, 6) is 0.565. The van der Waals surface area contributed by atoms with Crippen LogP contribution in [0.3, 0.4) is 0 Å². The zero-order chi connectivity index (χ0) is 16.5. The Bertz CT molecular complexity index is 934. The van der Waals surface area contributed by atoms with E-state index < -0.39 is 0 Å². The van der Waals surface area contributed by atoms with Gasteiger partial charge in [-0.3, -0.25) is 9.98 Å². The standard InChI is InChI=1S/C19H19N5/c1-12-18(23-10-13-4-6-21-9-13)16-3-2-14(15-5-7-22-11-15)8-17(16)24-19(12)20/h2-8H,9-11H2,1H3,(H3,20,23,24). The molecule has 5 heteroatoms. The number of benzene rings is 1. The monoisotopic (exact) mass is 317 g/mol. The van der Waals surface area contributed by atoms with Crippen molar-refractivity contribution in [3.8, 4) is 0 Å². The molecule has 0 saturated carbocycles. The van der Waals surface area contributed by atoms with Crippen LogP contribution in [0.5, 0.6) is 0 Å². The second kappa shape index (κ2) is 5.92. The molecule has 0 bridgehead atoms. The Balaban J connectivity index is 1.72. The molecule has 0 radical (unpaired) electrons. The van der Waals surface area contributed by atoms with Crippen LogP contribution in [-0.2, 0) is 0 Å². The zero-order valence-corrected chi connectivity index (χ0v) is 13.6. The van der Waals surface area contributed by atoms with Gasteiger partial charge < -0.3 is 11.1 Å². The minimum Gasteiger partial charge on any atom is -0.383 e. The van der Waals surface area contributed by atoms with Gasteiger partial charge in [0.1, 0.15) is 5.82 Å². The molecule has 120 valence electrons. The molecule has 4 rings (SSSR count). The fraction of sp³-hybridized carbons (Fsp3) is 0.211. The molecule has 0 saturated heterocycles. The van der Waals surface area contributed by atoms with Gasteiger partial charge in [0.2, 0.25) is 0 Å². The van der Waals surface area contributed by atoms with Gasteiger partial charge in [0.05, 0.1) is 24.3 Å². The van der Waals surface area contributed by atoms with Crippen LogP contribution in [-0.4, -0.2) is 37.0 Å². The topological polar surface area (TPSA) is 75.7 Å². The average molecular weight is 317 g/mol. The number of rotatable bonds is 4. The van der Waals surface area contributed by atoms with Crippen molar-refractivity contribution < 1.29 is 0 Å². The fourth-order valence-corrected chi connectivity index (χ4v) is 3.04. The highest BCUT2D eigenvalue weighted by Crippen LogP contribution is 2.32. The van der Waals surface area contributed by atoms with Crippen LogP contribution in [0, 0.1) is 6.92 Å². The summed E-state index contributed by atoms with van der Waals surface area (Å²) in [5, 5.41) is 4.61. The van der Waals surface area contributed by atoms with E-state index in [-0.39, 0.29) is 0 Å². The first kappa shape index (κ1) is 14.6. The number of allylic oxidation sites excluding steroid dienone is 2. The molecular formula is C19H19N5. The van der Waals surface area contributed by atoms with Crippen molar-refractivity contribution in [2.45, 2.75) is 6.92 Å². The highest BCUT2D eigenvalue weighted by molar-refractivity contribution is 5.98. The van der Waals surface area contributed by atoms with Crippen molar-refractivity contribution in [2.75, 3.05) is 30.7 Å². The summed E-state index contributed by atoms with van der Waals surface area (Å²) >= 11 is 0. The largest absolute Gasteiger partial charge is 0.383 e. The maximum Gasteiger partial charge on any atom is 0.129 e. The lowest BCUT2D eigenvalue weighted by atomic mass is 10.0. The maximum absolute atomic E-state index is 6.14. The lowest BCUT2D eigenvalue weighted by Crippen LogP contribution is -2.09. The SMILES string of the molecule is Cc1c(N)nc2cc(C3=CC=NC3)ccc2c1NCC1=CC=NC1. The van der Waals surface area contributed by atoms with E-state index in [9.17, 15) is 0 Å². The van der Waals surface area contributed by atoms with Crippen molar-refractivity contribution in [1.29, 1.82) is 0 Å². The number of aromatic nitrogens is 1. The summed E-state index contributed by atoms with van der Waals surface area (Å²) in [7, 11) is 0. The highest BCUT2D eigenvalue weighted by Gasteiger charge is 2.13. The molecule has 2 aliphatic rings. The van der Waals surface area contributed by atoms with Crippen LogP contribution in [0.25, 0.3) is 16.5 Å². The quantitative estimate of drug-likeness (QED) is 0.910. The molecule has 1 aromatic heterocycles. The maximum atomic E-state index is 6.14. The number of nitrogens with one attached hydrogen (secondary N) is 1. The second-order valence-corrected chi connectivity index (χ2v) is 6.08. The minimum atomic E-state index is 0.565. The molecule has 0 atom stereocenters. The van der Waals surface area contributed by atoms with Crippen molar-refractivity contribution in [3.63, 3.8) is 0 Å². The molecule has 5 nitrogen and oxygen atoms in total. The Morgan fingerprint density at radius 2 is 1.96 bits per heavy atom. The number of aliphatic imine (C=N–C) groups is 2. The van der Waals surface area contributed by atoms with Crippen LogP contribution in [0.4, 0.5) is 11.5 Å². The molecule has 0 amide bonds. The van der Waals surface area contributed by atoms with Gasteiger partial charge in [0.15, 0.2) is 0 Å². The highest BCUT2D eigenvalue weighted by atomic mass is 14.9. The van der Waals surface area contributed by atoms with Crippen LogP contribution >= 0.6 is 0 Å². The number of anilines is 2. The van der Waals surface area contributed by atoms with E-state index in [1.807, 2.05) is 25.4 Å². The molecule has 3 heterocycles. The molecule has 0 aliphatic carbocycles. The summed E-state index contributed by atoms with van der Waals surface area (Å²) in [5.41, 5.74) is 12.7. The van der Waals surface area contributed by atoms with Gasteiger partial charge >= 0.3 is 0 Å². The van der Waals surface area contributed by atoms with Gasteiger partial charge in [-0.2, -0.15) is 0 Å². The van der Waals surface area contributed by atoms with E-state index in [0.29, 0.717) is 5.82 Å². The summed E-state index contributed by atoms with van der Waals surface area (Å²) in [4.78, 5) is 13.1. The molecule has 3 N–H and O–H groups in total. The number of nitrogens with zero attached hydrogens (tertiary/aromatic N) is 3. The predicted octanol–water partition coefficient (Wildman–Crippen LogP) is 3.02. The van der Waals surface area contributed by atoms with Gasteiger partial charge in [-0.15, -0.1) is 0 Å². The van der Waals surface area contributed by atoms with Crippen LogP contribution in [0.1, 0.15) is 11.1 Å². The van der Waals surface area contributed by atoms with Gasteiger partial charge in [0.25, 0.3) is 0 Å². The second-order valence-electron chi connectivity index (χ2n) is 6.08. The van der Waals surface area contributed by atoms with E-state index >= 15 is 0 Å². The van der Waals surface area contributed by atoms with E-state index in [2.05, 4.69) is 44.6 Å². The average Bonchev–Trinajstić information content (AvgIpc) is 3.28. The van der Waals surface area contributed by atoms with Gasteiger partial charge in [-0.05, 0) is 41.9 Å². The molecule has 24 heavy (non-hydrogen) atoms. The van der Waals surface area contributed by atoms with E-state index in [1.54, 1.807) is 0 Å². The van der Waals surface area contributed by atoms with Gasteiger partial charge in [-0.1, -0.05) is 12.1 Å². The number of pyridine rings is 1. The van der Waals surface area contributed by atoms with Crippen molar-refractivity contribution in [3.05, 3.63) is 47.1 Å². The first-order chi connectivity index (χ1) is 11.7. The number of nitrogen functional groups attached to an aromatic ring is 1. The summed E-state index contributed by atoms with van der Waals surface area (Å²) in [6.45, 7) is 4.26. The van der Waals surface area contributed by atoms with E-state index in [4.69, 9.17) is 5.73 Å². The van der Waals surface area contributed by atoms with Crippen molar-refractivity contribution in [1.82, 2.24) is 4.98 Å². The van der Waals surface area contributed by atoms with E-state index in [0.717, 1.165) is 47.4 Å². The fourth-order valence-electron chi connectivity index (χ4n) is 3.04. The lowest BCUT2D eigenvalue weighted by Gasteiger charge is -2.15. The third kappa shape index (κ3) is 2.58. The molecule has 2 aliphatic heterocycles. The molecular weight excluding hydrogens is 298 g/mol. The molecule has 0 spiro atoms. The first-order valence-corrected chi connectivity index (χ1v) is 8.03. The number of hydrogen-bond donors (Lipinski definition) is 2. The Morgan fingerprint density at radius 1 is 1.12 bits per heavy atom. The molecule has 0 unspecified atom stereocenters. The zero-order valence-electron chi connectivity index (χ0n) is 13.6. The number of hydrogen-bond acceptors (Lipinski definition) is 5. The smallest absolute Gasteiger partial charge is 0.129 e. The molecule has 1 aromatic carbocycles. The van der Waals surface area contributed by atoms with Gasteiger partial charge in [0, 0.05) is 29.9 Å². The first-order valence-electron chi connectivity index (χ1n) is 8.03. The summed E-state index contributed by atoms with van der Waals surface area (Å²) in [6, 6.07) is 6.34. The van der Waals surface area contributed by atoms with E-state index in [1.165, 1.54) is 11.1 Å². The molecule has 2 aromatic rings. The Hall–Kier alpha value is -2.95. The van der Waals surface area contributed by atoms with Crippen molar-refractivity contribution in [2.24, 2.45) is 9.98 Å². The van der Waals surface area contributed by atoms with Crippen molar-refractivity contribution >= 4 is 40.4 Å². The minimum absolute atomic E-state index is 0.565. The van der Waals surface area contributed by atoms with Crippen LogP contribution < -0.4 is 11.1 Å². The number of nitrogens with two attached hydrogens (primary N) is 1. The van der Waals surface area contributed by atoms with Crippen LogP contribution in [0.15, 0.2) is 45.9 Å². The normalized spacial score (nSPS) is 15.9. The third-order valence-corrected chi connectivity index (χ3v) is 4.48. The van der Waals surface area contributed by atoms with Gasteiger partial charge in [-0.25, -0.2) is 4.98 Å². The third-order valence-electron chi connectivity index (χ3n) is 4.48. The summed E-state index contributed by atoms with van der Waals surface area (Å²) < 4.78 is 0. The van der Waals surface area contributed by atoms with Crippen LogP contribution in [0.2, 0.25) is 0 Å². The Morgan fingerprint density at radius 3 is 2.71 bits per heavy atom. The number of fused-ring (bicyclic) bond motifs is 1. The molecule has 0 fully saturated rings. The lowest BCUT2D eigenvalue weighted by molar-refractivity contribution is 1.10. The summed E-state index contributed by atoms with van der Waals surface area (Å²) in [6.07, 6.45) is 7.80.